The fourth-order valence-corrected chi connectivity index (χ4v) is 6.78. The van der Waals surface area contributed by atoms with Gasteiger partial charge in [0.15, 0.2) is 0 Å². The van der Waals surface area contributed by atoms with Crippen LogP contribution in [0, 0.1) is 11.3 Å². The molecule has 1 aromatic rings. The Labute approximate surface area is 251 Å². The van der Waals surface area contributed by atoms with Crippen molar-refractivity contribution in [2.45, 2.75) is 103 Å². The van der Waals surface area contributed by atoms with Crippen molar-refractivity contribution >= 4 is 17.8 Å². The smallest absolute Gasteiger partial charge is 0.320 e. The molecule has 0 radical (unpaired) electrons. The lowest BCUT2D eigenvalue weighted by molar-refractivity contribution is -0.178. The number of benzene rings is 1. The number of hydrogen-bond acceptors (Lipinski definition) is 6. The lowest BCUT2D eigenvalue weighted by Gasteiger charge is -2.51. The van der Waals surface area contributed by atoms with Crippen molar-refractivity contribution in [3.63, 3.8) is 0 Å². The Hall–Kier alpha value is -2.71. The van der Waals surface area contributed by atoms with E-state index in [9.17, 15) is 14.4 Å². The highest BCUT2D eigenvalue weighted by Gasteiger charge is 2.59. The second-order valence-electron chi connectivity index (χ2n) is 12.1. The molecule has 4 atom stereocenters. The molecule has 0 aromatic heterocycles. The van der Waals surface area contributed by atoms with E-state index in [1.807, 2.05) is 48.2 Å². The van der Waals surface area contributed by atoms with Crippen LogP contribution < -0.4 is 0 Å². The van der Waals surface area contributed by atoms with E-state index in [1.165, 1.54) is 26.4 Å². The molecule has 0 spiro atoms. The molecule has 1 aromatic carbocycles. The third-order valence-corrected chi connectivity index (χ3v) is 9.16. The number of piperidine rings is 2. The maximum absolute atomic E-state index is 14.1. The quantitative estimate of drug-likeness (QED) is 0.208. The van der Waals surface area contributed by atoms with Crippen LogP contribution in [0.4, 0.5) is 0 Å². The van der Waals surface area contributed by atoms with E-state index in [1.54, 1.807) is 4.90 Å². The van der Waals surface area contributed by atoms with Crippen LogP contribution in [0.3, 0.4) is 0 Å². The van der Waals surface area contributed by atoms with Crippen molar-refractivity contribution in [3.8, 4) is 0 Å². The number of methoxy groups -OCH3 is 1. The maximum Gasteiger partial charge on any atom is 0.320 e. The molecule has 0 unspecified atom stereocenters. The lowest BCUT2D eigenvalue weighted by atomic mass is 9.66. The molecule has 8 nitrogen and oxygen atoms in total. The van der Waals surface area contributed by atoms with Gasteiger partial charge in [-0.1, -0.05) is 69.4 Å². The van der Waals surface area contributed by atoms with Crippen LogP contribution in [0.25, 0.3) is 0 Å². The Morgan fingerprint density at radius 3 is 2.45 bits per heavy atom. The first kappa shape index (κ1) is 32.2. The molecule has 3 aliphatic rings. The lowest BCUT2D eigenvalue weighted by Crippen LogP contribution is -2.60. The molecular formula is C34H50N2O6. The molecule has 0 N–H and O–H groups in total. The van der Waals surface area contributed by atoms with Gasteiger partial charge in [-0.05, 0) is 50.7 Å². The second kappa shape index (κ2) is 15.7. The van der Waals surface area contributed by atoms with Crippen molar-refractivity contribution in [1.29, 1.82) is 0 Å². The summed E-state index contributed by atoms with van der Waals surface area (Å²) in [6, 6.07) is 9.95. The summed E-state index contributed by atoms with van der Waals surface area (Å²) in [7, 11) is 1.39. The highest BCUT2D eigenvalue weighted by molar-refractivity contribution is 5.92. The Kier molecular flexibility index (Phi) is 12.0. The van der Waals surface area contributed by atoms with E-state index in [0.29, 0.717) is 25.5 Å². The minimum atomic E-state index is -1.16. The third kappa shape index (κ3) is 7.62. The predicted octanol–water partition coefficient (Wildman–Crippen LogP) is 5.65. The number of nitrogens with zero attached hydrogens (tertiary/aromatic N) is 2. The summed E-state index contributed by atoms with van der Waals surface area (Å²) in [5.74, 6) is -1.09. The van der Waals surface area contributed by atoms with Gasteiger partial charge in [-0.3, -0.25) is 14.4 Å². The topological polar surface area (TPSA) is 85.4 Å². The van der Waals surface area contributed by atoms with E-state index in [2.05, 4.69) is 6.92 Å². The molecule has 4 rings (SSSR count). The van der Waals surface area contributed by atoms with Crippen LogP contribution in [-0.4, -0.2) is 73.1 Å². The van der Waals surface area contributed by atoms with Gasteiger partial charge in [0.05, 0.1) is 26.4 Å². The Balaban J connectivity index is 1.58. The predicted molar refractivity (Wildman–Crippen MR) is 161 cm³/mol. The average molecular weight is 583 g/mol. The van der Waals surface area contributed by atoms with Gasteiger partial charge in [0, 0.05) is 37.7 Å². The molecule has 0 bridgehead atoms. The van der Waals surface area contributed by atoms with Crippen molar-refractivity contribution in [2.24, 2.45) is 11.3 Å². The monoisotopic (exact) mass is 582 g/mol. The van der Waals surface area contributed by atoms with Crippen LogP contribution in [0.15, 0.2) is 42.1 Å². The summed E-state index contributed by atoms with van der Waals surface area (Å²) >= 11 is 0. The maximum atomic E-state index is 14.1. The van der Waals surface area contributed by atoms with Crippen molar-refractivity contribution < 1.29 is 28.6 Å². The number of likely N-dealkylation sites (tertiary alicyclic amines) is 2. The SMILES string of the molecule is CCCCCCCCN1C(=O)[C@@H](CC(=O)N2CCCCC2)C[C@@]2(C(=O)OC)C1=C[C@H](COCc1ccccc1)O[C@@H]2C. The van der Waals surface area contributed by atoms with Crippen molar-refractivity contribution in [2.75, 3.05) is 33.4 Å². The molecule has 42 heavy (non-hydrogen) atoms. The normalized spacial score (nSPS) is 26.0. The number of hydrogen-bond donors (Lipinski definition) is 0. The summed E-state index contributed by atoms with van der Waals surface area (Å²) < 4.78 is 17.8. The van der Waals surface area contributed by atoms with Gasteiger partial charge in [-0.2, -0.15) is 0 Å². The van der Waals surface area contributed by atoms with Gasteiger partial charge in [0.2, 0.25) is 11.8 Å². The summed E-state index contributed by atoms with van der Waals surface area (Å²) in [6.45, 7) is 6.81. The van der Waals surface area contributed by atoms with E-state index in [0.717, 1.165) is 57.2 Å². The van der Waals surface area contributed by atoms with E-state index >= 15 is 0 Å². The van der Waals surface area contributed by atoms with Gasteiger partial charge in [0.25, 0.3) is 0 Å². The molecule has 2 saturated heterocycles. The number of rotatable bonds is 14. The first-order valence-corrected chi connectivity index (χ1v) is 16.1. The summed E-state index contributed by atoms with van der Waals surface area (Å²) in [5.41, 5.74) is 0.562. The molecule has 0 saturated carbocycles. The zero-order chi connectivity index (χ0) is 30.0. The van der Waals surface area contributed by atoms with Gasteiger partial charge in [-0.25, -0.2) is 0 Å². The van der Waals surface area contributed by atoms with Gasteiger partial charge in [-0.15, -0.1) is 0 Å². The van der Waals surface area contributed by atoms with E-state index < -0.39 is 29.5 Å². The number of fused-ring (bicyclic) bond motifs is 1. The molecule has 3 aliphatic heterocycles. The van der Waals surface area contributed by atoms with Crippen molar-refractivity contribution in [1.82, 2.24) is 9.80 Å². The summed E-state index contributed by atoms with van der Waals surface area (Å²) in [6.07, 6.45) is 10.9. The fourth-order valence-electron chi connectivity index (χ4n) is 6.78. The van der Waals surface area contributed by atoms with Gasteiger partial charge in [0.1, 0.15) is 11.5 Å². The van der Waals surface area contributed by atoms with Crippen LogP contribution >= 0.6 is 0 Å². The molecular weight excluding hydrogens is 532 g/mol. The first-order chi connectivity index (χ1) is 20.4. The zero-order valence-corrected chi connectivity index (χ0v) is 25.9. The van der Waals surface area contributed by atoms with E-state index in [4.69, 9.17) is 14.2 Å². The average Bonchev–Trinajstić information content (AvgIpc) is 3.01. The number of carbonyl (C=O) groups is 3. The minimum absolute atomic E-state index is 0.00317. The third-order valence-electron chi connectivity index (χ3n) is 9.16. The second-order valence-corrected chi connectivity index (χ2v) is 12.1. The Morgan fingerprint density at radius 1 is 1.02 bits per heavy atom. The number of amides is 2. The fraction of sp³-hybridized carbons (Fsp3) is 0.676. The highest BCUT2D eigenvalue weighted by atomic mass is 16.5. The van der Waals surface area contributed by atoms with Crippen LogP contribution in [0.2, 0.25) is 0 Å². The summed E-state index contributed by atoms with van der Waals surface area (Å²) in [4.78, 5) is 44.8. The van der Waals surface area contributed by atoms with Crippen molar-refractivity contribution in [3.05, 3.63) is 47.7 Å². The zero-order valence-electron chi connectivity index (χ0n) is 25.9. The summed E-state index contributed by atoms with van der Waals surface area (Å²) in [5, 5.41) is 0. The van der Waals surface area contributed by atoms with Gasteiger partial charge < -0.3 is 24.0 Å². The number of unbranched alkanes of at least 4 members (excludes halogenated alkanes) is 5. The van der Waals surface area contributed by atoms with Gasteiger partial charge >= 0.3 is 5.97 Å². The first-order valence-electron chi connectivity index (χ1n) is 16.1. The standard InChI is InChI=1S/C34H50N2O6/c1-4-5-6-7-8-15-20-36-30-22-29(25-41-24-27-16-11-9-12-17-27)42-26(2)34(30,33(39)40-3)23-28(32(36)38)21-31(37)35-18-13-10-14-19-35/h9,11-12,16-17,22,26,28-29H,4-8,10,13-15,18-21,23-25H2,1-3H3/t26-,28+,29-,34+/m1/s1. The number of carbonyl (C=O) groups excluding carboxylic acids is 3. The number of ether oxygens (including phenoxy) is 3. The number of esters is 1. The molecule has 232 valence electrons. The molecule has 2 amide bonds. The van der Waals surface area contributed by atoms with Crippen LogP contribution in [-0.2, 0) is 35.2 Å². The molecule has 8 heteroatoms. The molecule has 0 aliphatic carbocycles. The highest BCUT2D eigenvalue weighted by Crippen LogP contribution is 2.50. The minimum Gasteiger partial charge on any atom is -0.468 e. The van der Waals surface area contributed by atoms with Crippen LogP contribution in [0.5, 0.6) is 0 Å². The van der Waals surface area contributed by atoms with E-state index in [-0.39, 0.29) is 24.7 Å². The molecule has 2 fully saturated rings. The Morgan fingerprint density at radius 2 is 1.74 bits per heavy atom. The largest absolute Gasteiger partial charge is 0.468 e. The van der Waals surface area contributed by atoms with Crippen LogP contribution in [0.1, 0.15) is 90.0 Å². The Bertz CT molecular complexity index is 1070. The molecule has 3 heterocycles.